The van der Waals surface area contributed by atoms with Gasteiger partial charge in [-0.15, -0.1) is 0 Å². The second-order valence-corrected chi connectivity index (χ2v) is 5.59. The number of phenols is 1. The van der Waals surface area contributed by atoms with E-state index < -0.39 is 6.48 Å². The van der Waals surface area contributed by atoms with Crippen molar-refractivity contribution in [1.29, 1.82) is 0 Å². The van der Waals surface area contributed by atoms with Crippen molar-refractivity contribution in [2.75, 3.05) is 7.11 Å². The Hall–Kier alpha value is -2.40. The molecule has 0 radical (unpaired) electrons. The number of hydrogen-bond acceptors (Lipinski definition) is 4. The molecule has 1 atom stereocenters. The largest absolute Gasteiger partial charge is 0.507 e. The van der Waals surface area contributed by atoms with E-state index in [-0.39, 0.29) is 12.4 Å². The molecule has 23 heavy (non-hydrogen) atoms. The zero-order valence-corrected chi connectivity index (χ0v) is 12.6. The summed E-state index contributed by atoms with van der Waals surface area (Å²) in [7, 11) is 1.39. The first-order chi connectivity index (χ1) is 11.2. The molecule has 4 aromatic carbocycles. The maximum atomic E-state index is 10.1. The van der Waals surface area contributed by atoms with Crippen LogP contribution in [0.4, 0.5) is 0 Å². The standard InChI is InChI=1S/C19H16O4/c1-22-19(21)23-10-13-3-2-11-5-8-15-16(20)9-6-12-4-7-14(13)17(11)18(12)15/h2-9,19-21H,10H2,1H3. The minimum Gasteiger partial charge on any atom is -0.507 e. The quantitative estimate of drug-likeness (QED) is 0.445. The number of aliphatic hydroxyl groups is 1. The highest BCUT2D eigenvalue weighted by Crippen LogP contribution is 2.39. The van der Waals surface area contributed by atoms with E-state index in [9.17, 15) is 10.2 Å². The van der Waals surface area contributed by atoms with Crippen LogP contribution in [0.25, 0.3) is 32.3 Å². The second kappa shape index (κ2) is 5.35. The van der Waals surface area contributed by atoms with Crippen molar-refractivity contribution in [3.05, 3.63) is 54.1 Å². The van der Waals surface area contributed by atoms with Crippen molar-refractivity contribution in [1.82, 2.24) is 0 Å². The first-order valence-electron chi connectivity index (χ1n) is 7.40. The van der Waals surface area contributed by atoms with Crippen LogP contribution in [0, 0.1) is 0 Å². The van der Waals surface area contributed by atoms with E-state index in [1.54, 1.807) is 6.07 Å². The minimum absolute atomic E-state index is 0.245. The SMILES string of the molecule is COC(O)OCc1ccc2ccc3c(O)ccc4ccc1c2c43. The summed E-state index contributed by atoms with van der Waals surface area (Å²) in [4.78, 5) is 0. The molecule has 0 saturated carbocycles. The Morgan fingerprint density at radius 3 is 2.22 bits per heavy atom. The Labute approximate surface area is 132 Å². The van der Waals surface area contributed by atoms with Crippen LogP contribution in [0.1, 0.15) is 5.56 Å². The highest BCUT2D eigenvalue weighted by atomic mass is 16.8. The molecule has 0 fully saturated rings. The number of aromatic hydroxyl groups is 1. The molecule has 0 spiro atoms. The van der Waals surface area contributed by atoms with Gasteiger partial charge in [0, 0.05) is 17.9 Å². The van der Waals surface area contributed by atoms with Gasteiger partial charge in [0.05, 0.1) is 6.61 Å². The van der Waals surface area contributed by atoms with Crippen molar-refractivity contribution in [2.45, 2.75) is 13.1 Å². The van der Waals surface area contributed by atoms with Gasteiger partial charge in [-0.2, -0.15) is 0 Å². The van der Waals surface area contributed by atoms with Gasteiger partial charge in [0.15, 0.2) is 0 Å². The summed E-state index contributed by atoms with van der Waals surface area (Å²) in [5.41, 5.74) is 0.964. The molecule has 1 unspecified atom stereocenters. The van der Waals surface area contributed by atoms with Crippen LogP contribution in [0.15, 0.2) is 48.5 Å². The fraction of sp³-hybridized carbons (Fsp3) is 0.158. The molecule has 2 N–H and O–H groups in total. The minimum atomic E-state index is -1.24. The third-order valence-electron chi connectivity index (χ3n) is 4.31. The molecular weight excluding hydrogens is 292 g/mol. The zero-order valence-electron chi connectivity index (χ0n) is 12.6. The van der Waals surface area contributed by atoms with Crippen LogP contribution < -0.4 is 0 Å². The van der Waals surface area contributed by atoms with Crippen molar-refractivity contribution < 1.29 is 19.7 Å². The molecule has 0 aromatic heterocycles. The van der Waals surface area contributed by atoms with Crippen molar-refractivity contribution in [3.8, 4) is 5.75 Å². The number of benzene rings is 4. The molecule has 4 rings (SSSR count). The van der Waals surface area contributed by atoms with E-state index in [0.29, 0.717) is 0 Å². The number of phenolic OH excluding ortho intramolecular Hbond substituents is 1. The topological polar surface area (TPSA) is 58.9 Å². The average Bonchev–Trinajstić information content (AvgIpc) is 2.59. The van der Waals surface area contributed by atoms with Crippen LogP contribution in [0.2, 0.25) is 0 Å². The summed E-state index contributed by atoms with van der Waals surface area (Å²) >= 11 is 0. The Morgan fingerprint density at radius 1 is 0.870 bits per heavy atom. The average molecular weight is 308 g/mol. The number of ether oxygens (including phenoxy) is 2. The highest BCUT2D eigenvalue weighted by Gasteiger charge is 2.13. The fourth-order valence-corrected chi connectivity index (χ4v) is 3.20. The number of aliphatic hydroxyl groups excluding tert-OH is 1. The molecule has 0 heterocycles. The summed E-state index contributed by atoms with van der Waals surface area (Å²) in [6.07, 6.45) is 0. The van der Waals surface area contributed by atoms with Gasteiger partial charge in [0.1, 0.15) is 5.75 Å². The molecule has 0 saturated heterocycles. The van der Waals surface area contributed by atoms with Gasteiger partial charge < -0.3 is 19.7 Å². The predicted molar refractivity (Wildman–Crippen MR) is 89.6 cm³/mol. The molecule has 116 valence electrons. The van der Waals surface area contributed by atoms with E-state index in [1.807, 2.05) is 36.4 Å². The second-order valence-electron chi connectivity index (χ2n) is 5.59. The summed E-state index contributed by atoms with van der Waals surface area (Å²) in [5, 5.41) is 25.8. The van der Waals surface area contributed by atoms with Crippen LogP contribution >= 0.6 is 0 Å². The van der Waals surface area contributed by atoms with E-state index in [2.05, 4.69) is 6.07 Å². The lowest BCUT2D eigenvalue weighted by molar-refractivity contribution is -0.255. The predicted octanol–water partition coefficient (Wildman–Crippen LogP) is 3.73. The van der Waals surface area contributed by atoms with Crippen molar-refractivity contribution in [2.24, 2.45) is 0 Å². The van der Waals surface area contributed by atoms with E-state index in [4.69, 9.17) is 9.47 Å². The lowest BCUT2D eigenvalue weighted by Crippen LogP contribution is -2.13. The first-order valence-corrected chi connectivity index (χ1v) is 7.40. The maximum absolute atomic E-state index is 10.1. The Balaban J connectivity index is 1.99. The summed E-state index contributed by atoms with van der Waals surface area (Å²) in [5.74, 6) is 0.281. The molecule has 0 amide bonds. The zero-order chi connectivity index (χ0) is 16.0. The van der Waals surface area contributed by atoms with E-state index in [1.165, 1.54) is 7.11 Å². The molecule has 4 heteroatoms. The third kappa shape index (κ3) is 2.19. The number of rotatable bonds is 4. The van der Waals surface area contributed by atoms with Crippen molar-refractivity contribution >= 4 is 32.3 Å². The molecule has 4 aromatic rings. The normalized spacial score (nSPS) is 13.3. The highest BCUT2D eigenvalue weighted by molar-refractivity contribution is 6.24. The summed E-state index contributed by atoms with van der Waals surface area (Å²) in [6.45, 7) is -0.993. The lowest BCUT2D eigenvalue weighted by atomic mass is 9.92. The van der Waals surface area contributed by atoms with Gasteiger partial charge in [0.25, 0.3) is 6.48 Å². The molecule has 0 aliphatic rings. The van der Waals surface area contributed by atoms with Gasteiger partial charge in [-0.05, 0) is 33.2 Å². The molecule has 0 aliphatic heterocycles. The fourth-order valence-electron chi connectivity index (χ4n) is 3.20. The number of methoxy groups -OCH3 is 1. The van der Waals surface area contributed by atoms with Gasteiger partial charge in [-0.1, -0.05) is 42.5 Å². The molecule has 0 bridgehead atoms. The Kier molecular flexibility index (Phi) is 3.31. The summed E-state index contributed by atoms with van der Waals surface area (Å²) < 4.78 is 9.99. The van der Waals surface area contributed by atoms with Crippen LogP contribution in [0.3, 0.4) is 0 Å². The van der Waals surface area contributed by atoms with Gasteiger partial charge in [-0.25, -0.2) is 0 Å². The first kappa shape index (κ1) is 14.2. The van der Waals surface area contributed by atoms with E-state index in [0.717, 1.165) is 37.9 Å². The third-order valence-corrected chi connectivity index (χ3v) is 4.31. The molecular formula is C19H16O4. The molecule has 4 nitrogen and oxygen atoms in total. The van der Waals surface area contributed by atoms with Crippen LogP contribution in [0.5, 0.6) is 5.75 Å². The van der Waals surface area contributed by atoms with Crippen molar-refractivity contribution in [3.63, 3.8) is 0 Å². The smallest absolute Gasteiger partial charge is 0.269 e. The van der Waals surface area contributed by atoms with Crippen LogP contribution in [-0.2, 0) is 16.1 Å². The van der Waals surface area contributed by atoms with Gasteiger partial charge in [-0.3, -0.25) is 0 Å². The van der Waals surface area contributed by atoms with E-state index >= 15 is 0 Å². The van der Waals surface area contributed by atoms with Crippen LogP contribution in [-0.4, -0.2) is 23.8 Å². The lowest BCUT2D eigenvalue weighted by Gasteiger charge is -2.15. The number of hydrogen-bond donors (Lipinski definition) is 2. The van der Waals surface area contributed by atoms with Gasteiger partial charge in [0.2, 0.25) is 0 Å². The Bertz CT molecular complexity index is 993. The Morgan fingerprint density at radius 2 is 1.48 bits per heavy atom. The summed E-state index contributed by atoms with van der Waals surface area (Å²) in [6, 6.07) is 15.7. The monoisotopic (exact) mass is 308 g/mol. The molecule has 0 aliphatic carbocycles. The van der Waals surface area contributed by atoms with Gasteiger partial charge >= 0.3 is 0 Å². The maximum Gasteiger partial charge on any atom is 0.269 e.